The lowest BCUT2D eigenvalue weighted by molar-refractivity contribution is 0.444. The Hall–Kier alpha value is -1.50. The summed E-state index contributed by atoms with van der Waals surface area (Å²) in [6.45, 7) is 2.22. The Bertz CT molecular complexity index is 566. The van der Waals surface area contributed by atoms with Gasteiger partial charge in [-0.1, -0.05) is 67.2 Å². The third-order valence-electron chi connectivity index (χ3n) is 4.58. The SMILES string of the molecule is [B]C1CCC(c2ccc(-c3ccccc3)c(C)c2)CC1. The number of hydrogen-bond donors (Lipinski definition) is 0. The van der Waals surface area contributed by atoms with Crippen LogP contribution in [-0.4, -0.2) is 7.85 Å². The minimum Gasteiger partial charge on any atom is -0.0773 e. The first kappa shape index (κ1) is 13.5. The Balaban J connectivity index is 1.84. The fourth-order valence-corrected chi connectivity index (χ4v) is 3.33. The summed E-state index contributed by atoms with van der Waals surface area (Å²) >= 11 is 0. The lowest BCUT2D eigenvalue weighted by Gasteiger charge is -2.27. The fraction of sp³-hybridized carbons (Fsp3) is 0.368. The number of benzene rings is 2. The van der Waals surface area contributed by atoms with E-state index in [0.29, 0.717) is 11.7 Å². The Morgan fingerprint density at radius 3 is 2.25 bits per heavy atom. The number of hydrogen-bond acceptors (Lipinski definition) is 0. The summed E-state index contributed by atoms with van der Waals surface area (Å²) in [7, 11) is 6.01. The predicted molar refractivity (Wildman–Crippen MR) is 87.3 cm³/mol. The van der Waals surface area contributed by atoms with Gasteiger partial charge in [0.1, 0.15) is 0 Å². The Kier molecular flexibility index (Phi) is 3.96. The van der Waals surface area contributed by atoms with E-state index >= 15 is 0 Å². The van der Waals surface area contributed by atoms with Gasteiger partial charge in [-0.15, -0.1) is 0 Å². The minimum absolute atomic E-state index is 0.427. The molecule has 0 bridgehead atoms. The van der Waals surface area contributed by atoms with Crippen LogP contribution in [0, 0.1) is 6.92 Å². The second-order valence-electron chi connectivity index (χ2n) is 6.05. The second-order valence-corrected chi connectivity index (χ2v) is 6.05. The average molecular weight is 260 g/mol. The molecule has 0 nitrogen and oxygen atoms in total. The molecule has 0 amide bonds. The van der Waals surface area contributed by atoms with Crippen LogP contribution in [0.3, 0.4) is 0 Å². The molecule has 0 atom stereocenters. The van der Waals surface area contributed by atoms with Gasteiger partial charge >= 0.3 is 0 Å². The molecule has 1 heteroatoms. The maximum atomic E-state index is 6.01. The quantitative estimate of drug-likeness (QED) is 0.644. The van der Waals surface area contributed by atoms with Gasteiger partial charge in [-0.2, -0.15) is 0 Å². The van der Waals surface area contributed by atoms with Crippen molar-refractivity contribution < 1.29 is 0 Å². The van der Waals surface area contributed by atoms with Gasteiger partial charge in [-0.05, 0) is 47.9 Å². The van der Waals surface area contributed by atoms with Crippen molar-refractivity contribution in [2.75, 3.05) is 0 Å². The summed E-state index contributed by atoms with van der Waals surface area (Å²) in [5.41, 5.74) is 5.53. The molecule has 0 N–H and O–H groups in total. The molecule has 2 aromatic rings. The molecule has 1 aliphatic carbocycles. The third-order valence-corrected chi connectivity index (χ3v) is 4.58. The molecule has 1 saturated carbocycles. The van der Waals surface area contributed by atoms with E-state index in [2.05, 4.69) is 55.5 Å². The van der Waals surface area contributed by atoms with Crippen LogP contribution < -0.4 is 0 Å². The molecule has 0 saturated heterocycles. The topological polar surface area (TPSA) is 0 Å². The van der Waals surface area contributed by atoms with E-state index in [1.165, 1.54) is 47.9 Å². The summed E-state index contributed by atoms with van der Waals surface area (Å²) in [6.07, 6.45) is 4.82. The molecular weight excluding hydrogens is 239 g/mol. The van der Waals surface area contributed by atoms with E-state index in [1.807, 2.05) is 0 Å². The van der Waals surface area contributed by atoms with Gasteiger partial charge in [0.25, 0.3) is 0 Å². The minimum atomic E-state index is 0.427. The lowest BCUT2D eigenvalue weighted by Crippen LogP contribution is -2.09. The van der Waals surface area contributed by atoms with Gasteiger partial charge in [0.05, 0.1) is 7.85 Å². The van der Waals surface area contributed by atoms with E-state index in [0.717, 1.165) is 0 Å². The molecule has 100 valence electrons. The van der Waals surface area contributed by atoms with Crippen LogP contribution in [0.1, 0.15) is 42.7 Å². The number of rotatable bonds is 2. The maximum absolute atomic E-state index is 6.01. The highest BCUT2D eigenvalue weighted by molar-refractivity contribution is 6.11. The van der Waals surface area contributed by atoms with Gasteiger partial charge in [-0.3, -0.25) is 0 Å². The molecule has 0 aliphatic heterocycles. The van der Waals surface area contributed by atoms with Crippen molar-refractivity contribution in [2.24, 2.45) is 0 Å². The number of aryl methyl sites for hydroxylation is 1. The first-order chi connectivity index (χ1) is 9.74. The van der Waals surface area contributed by atoms with Crippen molar-refractivity contribution in [1.29, 1.82) is 0 Å². The summed E-state index contributed by atoms with van der Waals surface area (Å²) in [5.74, 6) is 1.13. The molecule has 2 aromatic carbocycles. The van der Waals surface area contributed by atoms with E-state index < -0.39 is 0 Å². The van der Waals surface area contributed by atoms with Crippen molar-refractivity contribution in [3.63, 3.8) is 0 Å². The molecule has 0 spiro atoms. The van der Waals surface area contributed by atoms with Gasteiger partial charge in [0.2, 0.25) is 0 Å². The van der Waals surface area contributed by atoms with Gasteiger partial charge < -0.3 is 0 Å². The molecule has 3 rings (SSSR count). The van der Waals surface area contributed by atoms with Crippen LogP contribution in [0.15, 0.2) is 48.5 Å². The predicted octanol–water partition coefficient (Wildman–Crippen LogP) is 5.28. The summed E-state index contributed by atoms with van der Waals surface area (Å²) in [6, 6.07) is 17.6. The molecule has 0 heterocycles. The zero-order valence-corrected chi connectivity index (χ0v) is 12.2. The van der Waals surface area contributed by atoms with Crippen molar-refractivity contribution in [2.45, 2.75) is 44.3 Å². The van der Waals surface area contributed by atoms with Crippen LogP contribution >= 0.6 is 0 Å². The van der Waals surface area contributed by atoms with Crippen LogP contribution in [0.5, 0.6) is 0 Å². The van der Waals surface area contributed by atoms with Crippen molar-refractivity contribution >= 4 is 7.85 Å². The van der Waals surface area contributed by atoms with Gasteiger partial charge in [0, 0.05) is 0 Å². The summed E-state index contributed by atoms with van der Waals surface area (Å²) in [4.78, 5) is 0. The highest BCUT2D eigenvalue weighted by atomic mass is 14.2. The highest BCUT2D eigenvalue weighted by Crippen LogP contribution is 2.38. The molecule has 2 radical (unpaired) electrons. The van der Waals surface area contributed by atoms with Crippen LogP contribution in [0.4, 0.5) is 0 Å². The molecule has 1 fully saturated rings. The zero-order valence-electron chi connectivity index (χ0n) is 12.2. The second kappa shape index (κ2) is 5.87. The van der Waals surface area contributed by atoms with E-state index in [4.69, 9.17) is 7.85 Å². The molecular formula is C19H21B. The van der Waals surface area contributed by atoms with Gasteiger partial charge in [-0.25, -0.2) is 0 Å². The van der Waals surface area contributed by atoms with Crippen molar-refractivity contribution in [3.8, 4) is 11.1 Å². The van der Waals surface area contributed by atoms with E-state index in [-0.39, 0.29) is 0 Å². The largest absolute Gasteiger partial charge is 0.0773 e. The highest BCUT2D eigenvalue weighted by Gasteiger charge is 2.19. The Labute approximate surface area is 123 Å². The standard InChI is InChI=1S/C19H21B/c1-14-13-17(15-7-10-18(20)11-8-15)9-12-19(14)16-5-3-2-4-6-16/h2-6,9,12-13,15,18H,7-8,10-11H2,1H3. The van der Waals surface area contributed by atoms with Crippen LogP contribution in [0.25, 0.3) is 11.1 Å². The fourth-order valence-electron chi connectivity index (χ4n) is 3.33. The molecule has 20 heavy (non-hydrogen) atoms. The van der Waals surface area contributed by atoms with E-state index in [1.54, 1.807) is 0 Å². The van der Waals surface area contributed by atoms with Gasteiger partial charge in [0.15, 0.2) is 0 Å². The maximum Gasteiger partial charge on any atom is 0.0699 e. The van der Waals surface area contributed by atoms with Crippen LogP contribution in [-0.2, 0) is 0 Å². The normalized spacial score (nSPS) is 22.6. The van der Waals surface area contributed by atoms with Crippen molar-refractivity contribution in [3.05, 3.63) is 59.7 Å². The lowest BCUT2D eigenvalue weighted by atomic mass is 9.70. The molecule has 0 aromatic heterocycles. The smallest absolute Gasteiger partial charge is 0.0699 e. The Morgan fingerprint density at radius 2 is 1.60 bits per heavy atom. The monoisotopic (exact) mass is 260 g/mol. The Morgan fingerprint density at radius 1 is 0.900 bits per heavy atom. The van der Waals surface area contributed by atoms with E-state index in [9.17, 15) is 0 Å². The zero-order chi connectivity index (χ0) is 13.9. The summed E-state index contributed by atoms with van der Waals surface area (Å²) in [5, 5.41) is 0. The van der Waals surface area contributed by atoms with Crippen LogP contribution in [0.2, 0.25) is 5.82 Å². The first-order valence-electron chi connectivity index (χ1n) is 7.65. The third kappa shape index (κ3) is 2.82. The first-order valence-corrected chi connectivity index (χ1v) is 7.65. The molecule has 1 aliphatic rings. The van der Waals surface area contributed by atoms with Crippen molar-refractivity contribution in [1.82, 2.24) is 0 Å². The summed E-state index contributed by atoms with van der Waals surface area (Å²) < 4.78 is 0. The molecule has 0 unspecified atom stereocenters. The average Bonchev–Trinajstić information content (AvgIpc) is 2.49.